The molecule has 0 fully saturated rings. The molecule has 1 rings (SSSR count). The molecule has 3 heteroatoms. The van der Waals surface area contributed by atoms with E-state index in [0.29, 0.717) is 6.04 Å². The van der Waals surface area contributed by atoms with E-state index in [1.54, 1.807) is 0 Å². The van der Waals surface area contributed by atoms with Crippen molar-refractivity contribution >= 4 is 15.9 Å². The maximum atomic E-state index is 6.42. The SMILES string of the molecule is CCCN(C(C)C)C(c1ccccc1Br)C(N)CC. The van der Waals surface area contributed by atoms with Crippen molar-refractivity contribution in [2.24, 2.45) is 5.73 Å². The molecule has 0 aromatic heterocycles. The molecule has 0 radical (unpaired) electrons. The minimum Gasteiger partial charge on any atom is -0.326 e. The molecule has 108 valence electrons. The lowest BCUT2D eigenvalue weighted by Crippen LogP contribution is -2.44. The van der Waals surface area contributed by atoms with Gasteiger partial charge >= 0.3 is 0 Å². The van der Waals surface area contributed by atoms with Gasteiger partial charge in [-0.15, -0.1) is 0 Å². The largest absolute Gasteiger partial charge is 0.326 e. The van der Waals surface area contributed by atoms with Gasteiger partial charge in [0.2, 0.25) is 0 Å². The lowest BCUT2D eigenvalue weighted by Gasteiger charge is -2.38. The Kier molecular flexibility index (Phi) is 7.05. The van der Waals surface area contributed by atoms with Crippen LogP contribution in [0.5, 0.6) is 0 Å². The summed E-state index contributed by atoms with van der Waals surface area (Å²) in [6.45, 7) is 9.98. The fraction of sp³-hybridized carbons (Fsp3) is 0.625. The zero-order valence-corrected chi connectivity index (χ0v) is 14.2. The Bertz CT molecular complexity index is 379. The molecule has 1 aromatic carbocycles. The maximum Gasteiger partial charge on any atom is 0.0512 e. The predicted molar refractivity (Wildman–Crippen MR) is 87.3 cm³/mol. The van der Waals surface area contributed by atoms with E-state index in [4.69, 9.17) is 5.73 Å². The number of nitrogens with zero attached hydrogens (tertiary/aromatic N) is 1. The Morgan fingerprint density at radius 2 is 1.84 bits per heavy atom. The number of hydrogen-bond acceptors (Lipinski definition) is 2. The average molecular weight is 327 g/mol. The molecule has 0 heterocycles. The van der Waals surface area contributed by atoms with Crippen LogP contribution in [-0.4, -0.2) is 23.5 Å². The monoisotopic (exact) mass is 326 g/mol. The van der Waals surface area contributed by atoms with Gasteiger partial charge in [0.1, 0.15) is 0 Å². The second-order valence-electron chi connectivity index (χ2n) is 5.37. The fourth-order valence-electron chi connectivity index (χ4n) is 2.57. The van der Waals surface area contributed by atoms with E-state index in [0.717, 1.165) is 23.9 Å². The van der Waals surface area contributed by atoms with E-state index in [1.807, 2.05) is 0 Å². The zero-order chi connectivity index (χ0) is 14.4. The van der Waals surface area contributed by atoms with Crippen molar-refractivity contribution < 1.29 is 0 Å². The van der Waals surface area contributed by atoms with Gasteiger partial charge in [-0.3, -0.25) is 4.90 Å². The number of nitrogens with two attached hydrogens (primary N) is 1. The highest BCUT2D eigenvalue weighted by molar-refractivity contribution is 9.10. The summed E-state index contributed by atoms with van der Waals surface area (Å²) in [6.07, 6.45) is 2.13. The van der Waals surface area contributed by atoms with Gasteiger partial charge < -0.3 is 5.73 Å². The Morgan fingerprint density at radius 3 is 2.32 bits per heavy atom. The number of benzene rings is 1. The Labute approximate surface area is 126 Å². The van der Waals surface area contributed by atoms with Crippen molar-refractivity contribution in [3.8, 4) is 0 Å². The van der Waals surface area contributed by atoms with Crippen LogP contribution >= 0.6 is 15.9 Å². The standard InChI is InChI=1S/C16H27BrN2/c1-5-11-19(12(3)4)16(15(18)6-2)13-9-7-8-10-14(13)17/h7-10,12,15-16H,5-6,11,18H2,1-4H3. The molecule has 0 saturated heterocycles. The molecule has 1 aromatic rings. The van der Waals surface area contributed by atoms with Crippen LogP contribution in [0.25, 0.3) is 0 Å². The van der Waals surface area contributed by atoms with Crippen LogP contribution in [0, 0.1) is 0 Å². The molecule has 2 atom stereocenters. The molecule has 0 aliphatic carbocycles. The fourth-order valence-corrected chi connectivity index (χ4v) is 3.09. The maximum absolute atomic E-state index is 6.42. The third-order valence-electron chi connectivity index (χ3n) is 3.60. The van der Waals surface area contributed by atoms with Gasteiger partial charge in [-0.25, -0.2) is 0 Å². The molecule has 2 nitrogen and oxygen atoms in total. The quantitative estimate of drug-likeness (QED) is 0.807. The molecule has 0 bridgehead atoms. The Morgan fingerprint density at radius 1 is 1.21 bits per heavy atom. The second-order valence-corrected chi connectivity index (χ2v) is 6.22. The minimum atomic E-state index is 0.160. The summed E-state index contributed by atoms with van der Waals surface area (Å²) in [5.74, 6) is 0. The summed E-state index contributed by atoms with van der Waals surface area (Å²) in [6, 6.07) is 9.38. The molecule has 0 amide bonds. The number of hydrogen-bond donors (Lipinski definition) is 1. The van der Waals surface area contributed by atoms with E-state index >= 15 is 0 Å². The smallest absolute Gasteiger partial charge is 0.0512 e. The molecule has 19 heavy (non-hydrogen) atoms. The van der Waals surface area contributed by atoms with Gasteiger partial charge in [-0.1, -0.05) is 48.0 Å². The summed E-state index contributed by atoms with van der Waals surface area (Å²) < 4.78 is 1.16. The summed E-state index contributed by atoms with van der Waals surface area (Å²) in [4.78, 5) is 2.52. The average Bonchev–Trinajstić information content (AvgIpc) is 2.39. The molecular formula is C16H27BrN2. The molecule has 2 unspecified atom stereocenters. The van der Waals surface area contributed by atoms with Gasteiger partial charge in [-0.05, 0) is 44.9 Å². The zero-order valence-electron chi connectivity index (χ0n) is 12.6. The minimum absolute atomic E-state index is 0.160. The van der Waals surface area contributed by atoms with Gasteiger partial charge in [0, 0.05) is 16.6 Å². The van der Waals surface area contributed by atoms with Crippen molar-refractivity contribution in [3.63, 3.8) is 0 Å². The Balaban J connectivity index is 3.17. The van der Waals surface area contributed by atoms with Crippen molar-refractivity contribution in [1.82, 2.24) is 4.90 Å². The highest BCUT2D eigenvalue weighted by Crippen LogP contribution is 2.32. The molecule has 0 aliphatic heterocycles. The normalized spacial score (nSPS) is 14.9. The van der Waals surface area contributed by atoms with Gasteiger partial charge in [-0.2, -0.15) is 0 Å². The second kappa shape index (κ2) is 8.03. The third kappa shape index (κ3) is 4.30. The highest BCUT2D eigenvalue weighted by atomic mass is 79.9. The van der Waals surface area contributed by atoms with Gasteiger partial charge in [0.25, 0.3) is 0 Å². The van der Waals surface area contributed by atoms with Crippen molar-refractivity contribution in [2.45, 2.75) is 58.7 Å². The topological polar surface area (TPSA) is 29.3 Å². The lowest BCUT2D eigenvalue weighted by atomic mass is 9.95. The van der Waals surface area contributed by atoms with Gasteiger partial charge in [0.15, 0.2) is 0 Å². The Hall–Kier alpha value is -0.380. The van der Waals surface area contributed by atoms with Crippen LogP contribution in [0.15, 0.2) is 28.7 Å². The van der Waals surface area contributed by atoms with E-state index in [-0.39, 0.29) is 12.1 Å². The van der Waals surface area contributed by atoms with E-state index in [9.17, 15) is 0 Å². The molecular weight excluding hydrogens is 300 g/mol. The molecule has 0 aliphatic rings. The van der Waals surface area contributed by atoms with Crippen molar-refractivity contribution in [3.05, 3.63) is 34.3 Å². The van der Waals surface area contributed by atoms with Crippen LogP contribution in [0.2, 0.25) is 0 Å². The number of halogens is 1. The first-order valence-corrected chi connectivity index (χ1v) is 8.07. The molecule has 0 spiro atoms. The lowest BCUT2D eigenvalue weighted by molar-refractivity contribution is 0.129. The molecule has 2 N–H and O–H groups in total. The predicted octanol–water partition coefficient (Wildman–Crippen LogP) is 4.35. The number of rotatable bonds is 7. The summed E-state index contributed by atoms with van der Waals surface area (Å²) >= 11 is 3.68. The van der Waals surface area contributed by atoms with Crippen LogP contribution in [0.3, 0.4) is 0 Å². The van der Waals surface area contributed by atoms with Crippen LogP contribution in [-0.2, 0) is 0 Å². The van der Waals surface area contributed by atoms with Crippen LogP contribution < -0.4 is 5.73 Å². The first-order valence-electron chi connectivity index (χ1n) is 7.28. The van der Waals surface area contributed by atoms with Gasteiger partial charge in [0.05, 0.1) is 6.04 Å². The molecule has 0 saturated carbocycles. The van der Waals surface area contributed by atoms with E-state index in [2.05, 4.69) is 72.8 Å². The van der Waals surface area contributed by atoms with Crippen LogP contribution in [0.4, 0.5) is 0 Å². The summed E-state index contributed by atoms with van der Waals surface area (Å²) in [5, 5.41) is 0. The summed E-state index contributed by atoms with van der Waals surface area (Å²) in [7, 11) is 0. The highest BCUT2D eigenvalue weighted by Gasteiger charge is 2.28. The van der Waals surface area contributed by atoms with Crippen molar-refractivity contribution in [1.29, 1.82) is 0 Å². The van der Waals surface area contributed by atoms with E-state index < -0.39 is 0 Å². The first kappa shape index (κ1) is 16.7. The van der Waals surface area contributed by atoms with E-state index in [1.165, 1.54) is 5.56 Å². The first-order chi connectivity index (χ1) is 9.02. The van der Waals surface area contributed by atoms with Crippen molar-refractivity contribution in [2.75, 3.05) is 6.54 Å². The third-order valence-corrected chi connectivity index (χ3v) is 4.33. The van der Waals surface area contributed by atoms with Crippen LogP contribution in [0.1, 0.15) is 52.1 Å². The summed E-state index contributed by atoms with van der Waals surface area (Å²) in [5.41, 5.74) is 7.73.